The molecule has 3 heteroatoms. The minimum Gasteiger partial charge on any atom is -0.351 e. The van der Waals surface area contributed by atoms with E-state index in [1.807, 2.05) is 20.8 Å². The first kappa shape index (κ1) is 19.4. The van der Waals surface area contributed by atoms with Crippen LogP contribution >= 0.6 is 0 Å². The van der Waals surface area contributed by atoms with Crippen molar-refractivity contribution in [3.05, 3.63) is 0 Å². The highest BCUT2D eigenvalue weighted by Crippen LogP contribution is 2.07. The van der Waals surface area contributed by atoms with Crippen molar-refractivity contribution in [1.29, 1.82) is 0 Å². The number of amides is 1. The lowest BCUT2D eigenvalue weighted by atomic mass is 10.1. The average molecular weight is 284 g/mol. The second-order valence-corrected chi connectivity index (χ2v) is 6.77. The molecule has 0 fully saturated rings. The molecular weight excluding hydrogens is 248 g/mol. The Kier molecular flexibility index (Phi) is 11.8. The van der Waals surface area contributed by atoms with Gasteiger partial charge in [-0.3, -0.25) is 4.79 Å². The maximum Gasteiger partial charge on any atom is 0.221 e. The van der Waals surface area contributed by atoms with E-state index >= 15 is 0 Å². The van der Waals surface area contributed by atoms with Gasteiger partial charge in [0.2, 0.25) is 5.91 Å². The number of rotatable bonds is 12. The van der Waals surface area contributed by atoms with Crippen LogP contribution in [0.2, 0.25) is 0 Å². The molecule has 0 aliphatic carbocycles. The third kappa shape index (κ3) is 15.5. The molecule has 0 aromatic rings. The van der Waals surface area contributed by atoms with E-state index in [9.17, 15) is 4.79 Å². The quantitative estimate of drug-likeness (QED) is 0.531. The van der Waals surface area contributed by atoms with Crippen molar-refractivity contribution in [2.75, 3.05) is 13.1 Å². The number of hydrogen-bond acceptors (Lipinski definition) is 2. The summed E-state index contributed by atoms with van der Waals surface area (Å²) in [5, 5.41) is 6.33. The summed E-state index contributed by atoms with van der Waals surface area (Å²) in [5.74, 6) is 0.140. The van der Waals surface area contributed by atoms with E-state index < -0.39 is 0 Å². The monoisotopic (exact) mass is 284 g/mol. The van der Waals surface area contributed by atoms with Gasteiger partial charge in [0.25, 0.3) is 0 Å². The topological polar surface area (TPSA) is 41.1 Å². The molecule has 0 saturated carbocycles. The van der Waals surface area contributed by atoms with Crippen molar-refractivity contribution in [3.63, 3.8) is 0 Å². The predicted octanol–water partition coefficient (Wildman–Crippen LogP) is 4.02. The predicted molar refractivity (Wildman–Crippen MR) is 88.0 cm³/mol. The van der Waals surface area contributed by atoms with Crippen molar-refractivity contribution in [3.8, 4) is 0 Å². The van der Waals surface area contributed by atoms with Crippen LogP contribution in [-0.4, -0.2) is 24.5 Å². The molecule has 0 heterocycles. The highest BCUT2D eigenvalue weighted by Gasteiger charge is 2.12. The van der Waals surface area contributed by atoms with Gasteiger partial charge in [0.15, 0.2) is 0 Å². The first-order valence-corrected chi connectivity index (χ1v) is 8.47. The van der Waals surface area contributed by atoms with Crippen LogP contribution in [0.1, 0.15) is 85.5 Å². The average Bonchev–Trinajstić information content (AvgIpc) is 2.34. The van der Waals surface area contributed by atoms with Gasteiger partial charge in [0.05, 0.1) is 0 Å². The Morgan fingerprint density at radius 3 is 1.95 bits per heavy atom. The molecule has 0 aliphatic rings. The van der Waals surface area contributed by atoms with E-state index in [-0.39, 0.29) is 11.4 Å². The SMILES string of the molecule is CCCCCCCCCCNCCC(=O)NC(C)(C)C. The van der Waals surface area contributed by atoms with E-state index in [1.165, 1.54) is 51.4 Å². The Morgan fingerprint density at radius 2 is 1.40 bits per heavy atom. The fourth-order valence-electron chi connectivity index (χ4n) is 2.19. The van der Waals surface area contributed by atoms with Gasteiger partial charge in [-0.2, -0.15) is 0 Å². The normalized spacial score (nSPS) is 11.6. The number of hydrogen-bond donors (Lipinski definition) is 2. The summed E-state index contributed by atoms with van der Waals surface area (Å²) in [6.45, 7) is 10.1. The Morgan fingerprint density at radius 1 is 0.850 bits per heavy atom. The van der Waals surface area contributed by atoms with Gasteiger partial charge in [-0.05, 0) is 33.7 Å². The largest absolute Gasteiger partial charge is 0.351 e. The van der Waals surface area contributed by atoms with Gasteiger partial charge in [0, 0.05) is 18.5 Å². The van der Waals surface area contributed by atoms with E-state index in [0.29, 0.717) is 6.42 Å². The Bertz CT molecular complexity index is 234. The van der Waals surface area contributed by atoms with Crippen molar-refractivity contribution in [2.24, 2.45) is 0 Å². The lowest BCUT2D eigenvalue weighted by molar-refractivity contribution is -0.122. The van der Waals surface area contributed by atoms with Crippen molar-refractivity contribution < 1.29 is 4.79 Å². The van der Waals surface area contributed by atoms with Gasteiger partial charge < -0.3 is 10.6 Å². The molecule has 0 atom stereocenters. The van der Waals surface area contributed by atoms with Gasteiger partial charge >= 0.3 is 0 Å². The van der Waals surface area contributed by atoms with Crippen LogP contribution in [-0.2, 0) is 4.79 Å². The minimum absolute atomic E-state index is 0.116. The van der Waals surface area contributed by atoms with Crippen molar-refractivity contribution in [1.82, 2.24) is 10.6 Å². The fourth-order valence-corrected chi connectivity index (χ4v) is 2.19. The zero-order valence-electron chi connectivity index (χ0n) is 14.2. The summed E-state index contributed by atoms with van der Waals surface area (Å²) in [7, 11) is 0. The number of nitrogens with one attached hydrogen (secondary N) is 2. The zero-order chi connectivity index (χ0) is 15.3. The van der Waals surface area contributed by atoms with Crippen LogP contribution in [0, 0.1) is 0 Å². The standard InChI is InChI=1S/C17H36N2O/c1-5-6-7-8-9-10-11-12-14-18-15-13-16(20)19-17(2,3)4/h18H,5-15H2,1-4H3,(H,19,20). The van der Waals surface area contributed by atoms with E-state index in [1.54, 1.807) is 0 Å². The molecule has 0 unspecified atom stereocenters. The molecule has 3 nitrogen and oxygen atoms in total. The lowest BCUT2D eigenvalue weighted by Gasteiger charge is -2.20. The summed E-state index contributed by atoms with van der Waals surface area (Å²) in [5.41, 5.74) is -0.116. The highest BCUT2D eigenvalue weighted by molar-refractivity contribution is 5.76. The molecule has 0 saturated heterocycles. The molecule has 120 valence electrons. The number of carbonyl (C=O) groups is 1. The van der Waals surface area contributed by atoms with Crippen LogP contribution in [0.3, 0.4) is 0 Å². The van der Waals surface area contributed by atoms with Gasteiger partial charge in [-0.25, -0.2) is 0 Å². The zero-order valence-corrected chi connectivity index (χ0v) is 14.2. The molecule has 0 aromatic heterocycles. The van der Waals surface area contributed by atoms with Crippen LogP contribution in [0.5, 0.6) is 0 Å². The van der Waals surface area contributed by atoms with E-state index in [2.05, 4.69) is 17.6 Å². The second-order valence-electron chi connectivity index (χ2n) is 6.77. The summed E-state index contributed by atoms with van der Waals surface area (Å²) in [6.07, 6.45) is 11.4. The molecule has 0 rings (SSSR count). The fraction of sp³-hybridized carbons (Fsp3) is 0.941. The van der Waals surface area contributed by atoms with Crippen LogP contribution < -0.4 is 10.6 Å². The van der Waals surface area contributed by atoms with E-state index in [4.69, 9.17) is 0 Å². The van der Waals surface area contributed by atoms with Crippen molar-refractivity contribution >= 4 is 5.91 Å². The first-order chi connectivity index (χ1) is 9.45. The molecule has 1 amide bonds. The number of unbranched alkanes of at least 4 members (excludes halogenated alkanes) is 7. The maximum atomic E-state index is 11.6. The molecular formula is C17H36N2O. The van der Waals surface area contributed by atoms with Gasteiger partial charge in [-0.1, -0.05) is 51.9 Å². The van der Waals surface area contributed by atoms with E-state index in [0.717, 1.165) is 13.1 Å². The third-order valence-electron chi connectivity index (χ3n) is 3.25. The maximum absolute atomic E-state index is 11.6. The molecule has 0 spiro atoms. The van der Waals surface area contributed by atoms with Gasteiger partial charge in [-0.15, -0.1) is 0 Å². The highest BCUT2D eigenvalue weighted by atomic mass is 16.1. The van der Waals surface area contributed by atoms with Gasteiger partial charge in [0.1, 0.15) is 0 Å². The summed E-state index contributed by atoms with van der Waals surface area (Å²) in [4.78, 5) is 11.6. The molecule has 0 radical (unpaired) electrons. The summed E-state index contributed by atoms with van der Waals surface area (Å²) < 4.78 is 0. The Hall–Kier alpha value is -0.570. The molecule has 0 aliphatic heterocycles. The summed E-state index contributed by atoms with van der Waals surface area (Å²) in [6, 6.07) is 0. The summed E-state index contributed by atoms with van der Waals surface area (Å²) >= 11 is 0. The van der Waals surface area contributed by atoms with Crippen LogP contribution in [0.25, 0.3) is 0 Å². The smallest absolute Gasteiger partial charge is 0.221 e. The third-order valence-corrected chi connectivity index (χ3v) is 3.25. The molecule has 2 N–H and O–H groups in total. The van der Waals surface area contributed by atoms with Crippen LogP contribution in [0.15, 0.2) is 0 Å². The minimum atomic E-state index is -0.116. The number of carbonyl (C=O) groups excluding carboxylic acids is 1. The lowest BCUT2D eigenvalue weighted by Crippen LogP contribution is -2.41. The molecule has 0 bridgehead atoms. The van der Waals surface area contributed by atoms with Crippen molar-refractivity contribution in [2.45, 2.75) is 91.0 Å². The Balaban J connectivity index is 3.19. The molecule has 20 heavy (non-hydrogen) atoms. The molecule has 0 aromatic carbocycles. The Labute approximate surface area is 126 Å². The second kappa shape index (κ2) is 12.2. The first-order valence-electron chi connectivity index (χ1n) is 8.47. The van der Waals surface area contributed by atoms with Crippen LogP contribution in [0.4, 0.5) is 0 Å².